The van der Waals surface area contributed by atoms with Gasteiger partial charge in [-0.15, -0.1) is 0 Å². The first-order valence-corrected chi connectivity index (χ1v) is 8.31. The van der Waals surface area contributed by atoms with Crippen LogP contribution in [0.25, 0.3) is 0 Å². The van der Waals surface area contributed by atoms with Crippen LogP contribution in [0.1, 0.15) is 13.8 Å². The zero-order valence-corrected chi connectivity index (χ0v) is 14.1. The number of ether oxygens (including phenoxy) is 3. The van der Waals surface area contributed by atoms with E-state index >= 15 is 0 Å². The van der Waals surface area contributed by atoms with E-state index in [4.69, 9.17) is 14.2 Å². The first-order valence-electron chi connectivity index (χ1n) is 8.31. The molecule has 148 valence electrons. The molecule has 2 fully saturated rings. The third-order valence-electron chi connectivity index (χ3n) is 4.70. The van der Waals surface area contributed by atoms with E-state index in [1.807, 2.05) is 0 Å². The fraction of sp³-hybridized carbons (Fsp3) is 1.00. The summed E-state index contributed by atoms with van der Waals surface area (Å²) in [7, 11) is 0. The highest BCUT2D eigenvalue weighted by Gasteiger charge is 2.50. The molecule has 0 saturated carbocycles. The summed E-state index contributed by atoms with van der Waals surface area (Å²) in [5.74, 6) is -0.132. The van der Waals surface area contributed by atoms with Crippen LogP contribution in [0.3, 0.4) is 0 Å². The molecule has 10 atom stereocenters. The van der Waals surface area contributed by atoms with Gasteiger partial charge in [-0.05, 0) is 5.92 Å². The van der Waals surface area contributed by atoms with Crippen LogP contribution < -0.4 is 0 Å². The normalized spacial score (nSPS) is 48.7. The largest absolute Gasteiger partial charge is 0.394 e. The Labute approximate surface area is 145 Å². The second kappa shape index (κ2) is 8.53. The summed E-state index contributed by atoms with van der Waals surface area (Å²) < 4.78 is 16.3. The van der Waals surface area contributed by atoms with Gasteiger partial charge in [0, 0.05) is 0 Å². The zero-order valence-electron chi connectivity index (χ0n) is 14.1. The van der Waals surface area contributed by atoms with Crippen LogP contribution in [0.15, 0.2) is 0 Å². The minimum absolute atomic E-state index is 0.132. The van der Waals surface area contributed by atoms with E-state index in [1.54, 1.807) is 13.8 Å². The van der Waals surface area contributed by atoms with Crippen molar-refractivity contribution in [3.05, 3.63) is 0 Å². The van der Waals surface area contributed by atoms with Gasteiger partial charge in [-0.1, -0.05) is 13.8 Å². The van der Waals surface area contributed by atoms with E-state index in [9.17, 15) is 35.7 Å². The maximum Gasteiger partial charge on any atom is 0.187 e. The van der Waals surface area contributed by atoms with Crippen LogP contribution in [-0.4, -0.2) is 110 Å². The summed E-state index contributed by atoms with van der Waals surface area (Å²) in [5.41, 5.74) is 0. The molecule has 0 bridgehead atoms. The molecule has 10 heteroatoms. The van der Waals surface area contributed by atoms with Gasteiger partial charge in [0.25, 0.3) is 0 Å². The monoisotopic (exact) mass is 368 g/mol. The molecule has 0 spiro atoms. The van der Waals surface area contributed by atoms with Crippen LogP contribution in [-0.2, 0) is 14.2 Å². The van der Waals surface area contributed by atoms with Gasteiger partial charge in [0.2, 0.25) is 0 Å². The third-order valence-corrected chi connectivity index (χ3v) is 4.70. The first kappa shape index (κ1) is 20.9. The lowest BCUT2D eigenvalue weighted by Gasteiger charge is -2.47. The fourth-order valence-corrected chi connectivity index (χ4v) is 3.17. The predicted octanol–water partition coefficient (Wildman–Crippen LogP) is -3.69. The van der Waals surface area contributed by atoms with Crippen molar-refractivity contribution in [1.82, 2.24) is 0 Å². The van der Waals surface area contributed by atoms with Gasteiger partial charge in [0.05, 0.1) is 19.3 Å². The van der Waals surface area contributed by atoms with Crippen molar-refractivity contribution >= 4 is 0 Å². The number of aliphatic hydroxyl groups is 7. The van der Waals surface area contributed by atoms with E-state index in [-0.39, 0.29) is 5.92 Å². The lowest BCUT2D eigenvalue weighted by molar-refractivity contribution is -0.343. The summed E-state index contributed by atoms with van der Waals surface area (Å²) in [6, 6.07) is 0. The first-order chi connectivity index (χ1) is 11.7. The SMILES string of the molecule is CC(C)[C@@H]1OC(CO)[C@@H](O[C@@H]2OC(CO)[C@H](O)[C@H](O)C2O)[C@H](O)C1O. The zero-order chi connectivity index (χ0) is 18.9. The van der Waals surface area contributed by atoms with Gasteiger partial charge in [-0.25, -0.2) is 0 Å². The molecule has 2 aliphatic rings. The van der Waals surface area contributed by atoms with Crippen molar-refractivity contribution in [2.24, 2.45) is 5.92 Å². The highest BCUT2D eigenvalue weighted by molar-refractivity contribution is 4.96. The number of hydrogen-bond acceptors (Lipinski definition) is 10. The molecule has 0 aromatic rings. The lowest BCUT2D eigenvalue weighted by Crippen LogP contribution is -2.65. The van der Waals surface area contributed by atoms with Crippen molar-refractivity contribution in [2.45, 2.75) is 75.1 Å². The van der Waals surface area contributed by atoms with Crippen molar-refractivity contribution < 1.29 is 50.0 Å². The molecule has 2 heterocycles. The minimum atomic E-state index is -1.66. The van der Waals surface area contributed by atoms with Gasteiger partial charge in [-0.3, -0.25) is 0 Å². The Bertz CT molecular complexity index is 417. The van der Waals surface area contributed by atoms with Crippen LogP contribution in [0.4, 0.5) is 0 Å². The van der Waals surface area contributed by atoms with E-state index in [0.29, 0.717) is 0 Å². The van der Waals surface area contributed by atoms with E-state index < -0.39 is 74.4 Å². The van der Waals surface area contributed by atoms with E-state index in [2.05, 4.69) is 0 Å². The molecular weight excluding hydrogens is 340 g/mol. The molecule has 2 aliphatic heterocycles. The Morgan fingerprint density at radius 1 is 0.760 bits per heavy atom. The molecule has 7 N–H and O–H groups in total. The Balaban J connectivity index is 2.14. The van der Waals surface area contributed by atoms with Crippen molar-refractivity contribution in [2.75, 3.05) is 13.2 Å². The molecule has 0 radical (unpaired) electrons. The summed E-state index contributed by atoms with van der Waals surface area (Å²) >= 11 is 0. The average molecular weight is 368 g/mol. The van der Waals surface area contributed by atoms with Crippen molar-refractivity contribution in [1.29, 1.82) is 0 Å². The summed E-state index contributed by atoms with van der Waals surface area (Å²) in [6.07, 6.45) is -13.2. The number of rotatable bonds is 5. The summed E-state index contributed by atoms with van der Waals surface area (Å²) in [4.78, 5) is 0. The Kier molecular flexibility index (Phi) is 7.13. The molecule has 2 saturated heterocycles. The highest BCUT2D eigenvalue weighted by Crippen LogP contribution is 2.31. The molecule has 0 amide bonds. The average Bonchev–Trinajstić information content (AvgIpc) is 2.58. The van der Waals surface area contributed by atoms with Gasteiger partial charge in [0.1, 0.15) is 48.8 Å². The molecule has 0 aliphatic carbocycles. The summed E-state index contributed by atoms with van der Waals surface area (Å²) in [5, 5.41) is 68.8. The smallest absolute Gasteiger partial charge is 0.187 e. The van der Waals surface area contributed by atoms with E-state index in [1.165, 1.54) is 0 Å². The Morgan fingerprint density at radius 2 is 1.36 bits per heavy atom. The quantitative estimate of drug-likeness (QED) is 0.256. The number of aliphatic hydroxyl groups excluding tert-OH is 7. The van der Waals surface area contributed by atoms with Crippen LogP contribution in [0.2, 0.25) is 0 Å². The molecule has 25 heavy (non-hydrogen) atoms. The molecule has 4 unspecified atom stereocenters. The van der Waals surface area contributed by atoms with Gasteiger partial charge >= 0.3 is 0 Å². The topological polar surface area (TPSA) is 169 Å². The minimum Gasteiger partial charge on any atom is -0.394 e. The Hall–Kier alpha value is -0.400. The molecule has 0 aromatic carbocycles. The van der Waals surface area contributed by atoms with Crippen molar-refractivity contribution in [3.8, 4) is 0 Å². The molecule has 0 aromatic heterocycles. The van der Waals surface area contributed by atoms with Crippen LogP contribution in [0, 0.1) is 5.92 Å². The van der Waals surface area contributed by atoms with Gasteiger partial charge in [-0.2, -0.15) is 0 Å². The van der Waals surface area contributed by atoms with Gasteiger partial charge in [0.15, 0.2) is 6.29 Å². The number of hydrogen-bond donors (Lipinski definition) is 7. The van der Waals surface area contributed by atoms with Crippen LogP contribution in [0.5, 0.6) is 0 Å². The van der Waals surface area contributed by atoms with Gasteiger partial charge < -0.3 is 50.0 Å². The lowest BCUT2D eigenvalue weighted by atomic mass is 9.89. The molecule has 10 nitrogen and oxygen atoms in total. The van der Waals surface area contributed by atoms with Crippen LogP contribution >= 0.6 is 0 Å². The Morgan fingerprint density at radius 3 is 1.88 bits per heavy atom. The predicted molar refractivity (Wildman–Crippen MR) is 81.2 cm³/mol. The summed E-state index contributed by atoms with van der Waals surface area (Å²) in [6.45, 7) is 2.42. The molecule has 2 rings (SSSR count). The maximum atomic E-state index is 10.4. The third kappa shape index (κ3) is 4.14. The standard InChI is InChI=1S/C15H28O10/c1-5(2)13-10(20)11(21)14(7(4-17)23-13)25-15-12(22)9(19)8(18)6(3-16)24-15/h5-22H,3-4H2,1-2H3/t6?,7?,8-,9-,10?,11+,12?,13-,14+,15-/m0/s1. The second-order valence-electron chi connectivity index (χ2n) is 6.84. The van der Waals surface area contributed by atoms with E-state index in [0.717, 1.165) is 0 Å². The second-order valence-corrected chi connectivity index (χ2v) is 6.84. The van der Waals surface area contributed by atoms with Crippen molar-refractivity contribution in [3.63, 3.8) is 0 Å². The molecular formula is C15H28O10. The highest BCUT2D eigenvalue weighted by atomic mass is 16.7. The fourth-order valence-electron chi connectivity index (χ4n) is 3.17. The maximum absolute atomic E-state index is 10.4.